The Hall–Kier alpha value is -2.46. The SMILES string of the molecule is O=C(CN1CCNC[C@H]1Cc1ccccc1)c1ccccc1-c1ccccc1Cl. The van der Waals surface area contributed by atoms with Crippen LogP contribution < -0.4 is 5.32 Å². The molecule has 0 saturated carbocycles. The van der Waals surface area contributed by atoms with Gasteiger partial charge in [-0.2, -0.15) is 0 Å². The zero-order valence-corrected chi connectivity index (χ0v) is 17.1. The molecule has 0 amide bonds. The van der Waals surface area contributed by atoms with Gasteiger partial charge in [0.15, 0.2) is 5.78 Å². The molecule has 1 aliphatic heterocycles. The second kappa shape index (κ2) is 9.36. The number of rotatable bonds is 6. The lowest BCUT2D eigenvalue weighted by Gasteiger charge is -2.36. The molecule has 1 saturated heterocycles. The monoisotopic (exact) mass is 404 g/mol. The van der Waals surface area contributed by atoms with Gasteiger partial charge < -0.3 is 5.32 Å². The predicted octanol–water partition coefficient (Wildman–Crippen LogP) is 4.71. The lowest BCUT2D eigenvalue weighted by molar-refractivity contribution is 0.0861. The van der Waals surface area contributed by atoms with Crippen molar-refractivity contribution in [2.45, 2.75) is 12.5 Å². The van der Waals surface area contributed by atoms with Crippen LogP contribution >= 0.6 is 11.6 Å². The molecule has 0 bridgehead atoms. The van der Waals surface area contributed by atoms with Crippen molar-refractivity contribution in [2.75, 3.05) is 26.2 Å². The number of Topliss-reactive ketones (excluding diaryl/α,β-unsaturated/α-hetero) is 1. The Labute approximate surface area is 177 Å². The van der Waals surface area contributed by atoms with Crippen molar-refractivity contribution in [3.63, 3.8) is 0 Å². The molecule has 1 atom stereocenters. The first-order chi connectivity index (χ1) is 14.2. The van der Waals surface area contributed by atoms with Crippen LogP contribution in [0.1, 0.15) is 15.9 Å². The second-order valence-corrected chi connectivity index (χ2v) is 7.87. The Morgan fingerprint density at radius 3 is 2.41 bits per heavy atom. The van der Waals surface area contributed by atoms with Gasteiger partial charge in [-0.05, 0) is 23.6 Å². The maximum absolute atomic E-state index is 13.3. The van der Waals surface area contributed by atoms with Gasteiger partial charge in [0.2, 0.25) is 0 Å². The number of carbonyl (C=O) groups excluding carboxylic acids is 1. The van der Waals surface area contributed by atoms with Crippen LogP contribution in [0.2, 0.25) is 5.02 Å². The van der Waals surface area contributed by atoms with Gasteiger partial charge in [0.1, 0.15) is 0 Å². The summed E-state index contributed by atoms with van der Waals surface area (Å²) >= 11 is 6.41. The van der Waals surface area contributed by atoms with Crippen molar-refractivity contribution in [2.24, 2.45) is 0 Å². The van der Waals surface area contributed by atoms with Crippen LogP contribution in [0.4, 0.5) is 0 Å². The Morgan fingerprint density at radius 2 is 1.62 bits per heavy atom. The van der Waals surface area contributed by atoms with Crippen LogP contribution in [0.25, 0.3) is 11.1 Å². The van der Waals surface area contributed by atoms with Crippen LogP contribution in [-0.2, 0) is 6.42 Å². The fourth-order valence-corrected chi connectivity index (χ4v) is 4.25. The fourth-order valence-electron chi connectivity index (χ4n) is 4.01. The number of piperazine rings is 1. The number of nitrogens with zero attached hydrogens (tertiary/aromatic N) is 1. The normalized spacial score (nSPS) is 17.2. The summed E-state index contributed by atoms with van der Waals surface area (Å²) in [5.74, 6) is 0.139. The van der Waals surface area contributed by atoms with E-state index in [1.165, 1.54) is 5.56 Å². The number of benzene rings is 3. The summed E-state index contributed by atoms with van der Waals surface area (Å²) in [6, 6.07) is 26.3. The quantitative estimate of drug-likeness (QED) is 0.604. The molecule has 0 aliphatic carbocycles. The van der Waals surface area contributed by atoms with E-state index in [9.17, 15) is 4.79 Å². The van der Waals surface area contributed by atoms with Gasteiger partial charge >= 0.3 is 0 Å². The van der Waals surface area contributed by atoms with Crippen LogP contribution in [0.3, 0.4) is 0 Å². The molecule has 1 aliphatic rings. The minimum atomic E-state index is 0.139. The van der Waals surface area contributed by atoms with Crippen LogP contribution in [0.5, 0.6) is 0 Å². The number of carbonyl (C=O) groups is 1. The first-order valence-electron chi connectivity index (χ1n) is 10.1. The van der Waals surface area contributed by atoms with E-state index in [0.29, 0.717) is 17.6 Å². The smallest absolute Gasteiger partial charge is 0.177 e. The Balaban J connectivity index is 1.55. The third-order valence-corrected chi connectivity index (χ3v) is 5.85. The predicted molar refractivity (Wildman–Crippen MR) is 120 cm³/mol. The molecule has 3 aromatic rings. The summed E-state index contributed by atoms with van der Waals surface area (Å²) in [7, 11) is 0. The molecule has 4 heteroatoms. The van der Waals surface area contributed by atoms with E-state index in [1.54, 1.807) is 0 Å². The van der Waals surface area contributed by atoms with Gasteiger partial charge in [-0.1, -0.05) is 84.4 Å². The zero-order chi connectivity index (χ0) is 20.1. The molecule has 0 unspecified atom stereocenters. The minimum Gasteiger partial charge on any atom is -0.314 e. The molecular weight excluding hydrogens is 380 g/mol. The topological polar surface area (TPSA) is 32.3 Å². The first-order valence-corrected chi connectivity index (χ1v) is 10.5. The van der Waals surface area contributed by atoms with Gasteiger partial charge in [-0.3, -0.25) is 9.69 Å². The molecule has 0 radical (unpaired) electrons. The van der Waals surface area contributed by atoms with Gasteiger partial charge in [0, 0.05) is 41.8 Å². The molecule has 3 nitrogen and oxygen atoms in total. The van der Waals surface area contributed by atoms with Crippen molar-refractivity contribution in [3.05, 3.63) is 95.0 Å². The average Bonchev–Trinajstić information content (AvgIpc) is 2.76. The summed E-state index contributed by atoms with van der Waals surface area (Å²) < 4.78 is 0. The van der Waals surface area contributed by atoms with Crippen LogP contribution in [0, 0.1) is 0 Å². The number of hydrogen-bond acceptors (Lipinski definition) is 3. The number of ketones is 1. The summed E-state index contributed by atoms with van der Waals surface area (Å²) in [4.78, 5) is 15.6. The van der Waals surface area contributed by atoms with E-state index >= 15 is 0 Å². The van der Waals surface area contributed by atoms with Crippen molar-refractivity contribution < 1.29 is 4.79 Å². The Morgan fingerprint density at radius 1 is 0.931 bits per heavy atom. The highest BCUT2D eigenvalue weighted by Gasteiger charge is 2.25. The fraction of sp³-hybridized carbons (Fsp3) is 0.240. The highest BCUT2D eigenvalue weighted by molar-refractivity contribution is 6.33. The largest absolute Gasteiger partial charge is 0.314 e. The summed E-state index contributed by atoms with van der Waals surface area (Å²) in [5, 5.41) is 4.14. The van der Waals surface area contributed by atoms with Crippen molar-refractivity contribution in [1.29, 1.82) is 0 Å². The minimum absolute atomic E-state index is 0.139. The zero-order valence-electron chi connectivity index (χ0n) is 16.4. The third-order valence-electron chi connectivity index (χ3n) is 5.52. The van der Waals surface area contributed by atoms with Gasteiger partial charge in [0.25, 0.3) is 0 Å². The highest BCUT2D eigenvalue weighted by Crippen LogP contribution is 2.30. The molecule has 1 fully saturated rings. The number of nitrogens with one attached hydrogen (secondary N) is 1. The number of hydrogen-bond donors (Lipinski definition) is 1. The summed E-state index contributed by atoms with van der Waals surface area (Å²) in [6.07, 6.45) is 0.938. The average molecular weight is 405 g/mol. The molecule has 3 aromatic carbocycles. The van der Waals surface area contributed by atoms with E-state index < -0.39 is 0 Å². The lowest BCUT2D eigenvalue weighted by Crippen LogP contribution is -2.53. The Bertz CT molecular complexity index is 973. The Kier molecular flexibility index (Phi) is 6.40. The van der Waals surface area contributed by atoms with Gasteiger partial charge in [0.05, 0.1) is 6.54 Å². The van der Waals surface area contributed by atoms with Gasteiger partial charge in [-0.15, -0.1) is 0 Å². The van der Waals surface area contributed by atoms with Crippen LogP contribution in [-0.4, -0.2) is 42.9 Å². The third kappa shape index (κ3) is 4.76. The molecule has 29 heavy (non-hydrogen) atoms. The standard InChI is InChI=1S/C25H25ClN2O/c26-24-13-7-6-11-22(24)21-10-4-5-12-23(21)25(29)18-28-15-14-27-17-20(28)16-19-8-2-1-3-9-19/h1-13,20,27H,14-18H2/t20-/m1/s1. The van der Waals surface area contributed by atoms with E-state index in [2.05, 4.69) is 34.5 Å². The van der Waals surface area contributed by atoms with Crippen molar-refractivity contribution in [3.8, 4) is 11.1 Å². The molecule has 1 N–H and O–H groups in total. The van der Waals surface area contributed by atoms with Crippen molar-refractivity contribution in [1.82, 2.24) is 10.2 Å². The van der Waals surface area contributed by atoms with Gasteiger partial charge in [-0.25, -0.2) is 0 Å². The highest BCUT2D eigenvalue weighted by atomic mass is 35.5. The number of halogens is 1. The summed E-state index contributed by atoms with van der Waals surface area (Å²) in [6.45, 7) is 3.09. The summed E-state index contributed by atoms with van der Waals surface area (Å²) in [5.41, 5.74) is 3.84. The van der Waals surface area contributed by atoms with E-state index in [1.807, 2.05) is 54.6 Å². The first kappa shape index (κ1) is 19.8. The molecule has 0 aromatic heterocycles. The second-order valence-electron chi connectivity index (χ2n) is 7.47. The molecule has 0 spiro atoms. The van der Waals surface area contributed by atoms with Crippen molar-refractivity contribution >= 4 is 17.4 Å². The molecular formula is C25H25ClN2O. The molecule has 1 heterocycles. The van der Waals surface area contributed by atoms with Crippen LogP contribution in [0.15, 0.2) is 78.9 Å². The molecule has 148 valence electrons. The van der Waals surface area contributed by atoms with E-state index in [-0.39, 0.29) is 5.78 Å². The van der Waals surface area contributed by atoms with E-state index in [0.717, 1.165) is 42.7 Å². The maximum Gasteiger partial charge on any atom is 0.177 e. The van der Waals surface area contributed by atoms with E-state index in [4.69, 9.17) is 11.6 Å². The lowest BCUT2D eigenvalue weighted by atomic mass is 9.96. The maximum atomic E-state index is 13.3. The molecule has 4 rings (SSSR count).